The Hall–Kier alpha value is -2.20. The molecule has 5 heteroatoms. The third-order valence-corrected chi connectivity index (χ3v) is 2.50. The third kappa shape index (κ3) is 8.55. The summed E-state index contributed by atoms with van der Waals surface area (Å²) in [5.74, 6) is 2.94. The fourth-order valence-corrected chi connectivity index (χ4v) is 1.39. The summed E-state index contributed by atoms with van der Waals surface area (Å²) in [6.07, 6.45) is -0.490. The lowest BCUT2D eigenvalue weighted by Crippen LogP contribution is -2.13. The molecule has 2 N–H and O–H groups in total. The molecular formula is C16H14INO3. The summed E-state index contributed by atoms with van der Waals surface area (Å²) in [5, 5.41) is 11.2. The smallest absolute Gasteiger partial charge is 0.412 e. The van der Waals surface area contributed by atoms with E-state index in [4.69, 9.17) is 9.84 Å². The lowest BCUT2D eigenvalue weighted by molar-refractivity contribution is 0.176. The molecule has 2 rings (SSSR count). The molecule has 0 heterocycles. The second kappa shape index (κ2) is 10.6. The molecule has 0 saturated carbocycles. The van der Waals surface area contributed by atoms with Gasteiger partial charge >= 0.3 is 6.09 Å². The van der Waals surface area contributed by atoms with Crippen molar-refractivity contribution in [1.29, 1.82) is 0 Å². The lowest BCUT2D eigenvalue weighted by atomic mass is 10.3. The van der Waals surface area contributed by atoms with Gasteiger partial charge in [-0.25, -0.2) is 4.79 Å². The van der Waals surface area contributed by atoms with Crippen LogP contribution in [0.5, 0.6) is 5.75 Å². The van der Waals surface area contributed by atoms with Crippen molar-refractivity contribution in [3.8, 4) is 15.6 Å². The number of hydrogen-bond donors (Lipinski definition) is 2. The summed E-state index contributed by atoms with van der Waals surface area (Å²) in [6.45, 7) is 0.113. The Morgan fingerprint density at radius 3 is 2.14 bits per heavy atom. The maximum atomic E-state index is 11.1. The van der Waals surface area contributed by atoms with Gasteiger partial charge in [0.15, 0.2) is 6.61 Å². The van der Waals surface area contributed by atoms with Gasteiger partial charge in [0.05, 0.1) is 0 Å². The van der Waals surface area contributed by atoms with Crippen molar-refractivity contribution in [2.24, 2.45) is 0 Å². The Morgan fingerprint density at radius 1 is 1.10 bits per heavy atom. The van der Waals surface area contributed by atoms with Crippen molar-refractivity contribution in [3.05, 3.63) is 60.7 Å². The number of rotatable bonds is 2. The van der Waals surface area contributed by atoms with Crippen LogP contribution >= 0.6 is 22.6 Å². The topological polar surface area (TPSA) is 58.6 Å². The van der Waals surface area contributed by atoms with Crippen LogP contribution in [0.1, 0.15) is 0 Å². The van der Waals surface area contributed by atoms with Gasteiger partial charge in [-0.3, -0.25) is 5.32 Å². The first-order valence-electron chi connectivity index (χ1n) is 6.03. The summed E-state index contributed by atoms with van der Waals surface area (Å²) in [4.78, 5) is 11.1. The van der Waals surface area contributed by atoms with Crippen LogP contribution in [0.25, 0.3) is 0 Å². The molecule has 0 unspecified atom stereocenters. The largest absolute Gasteiger partial charge is 0.508 e. The van der Waals surface area contributed by atoms with E-state index in [-0.39, 0.29) is 6.61 Å². The average molecular weight is 395 g/mol. The highest BCUT2D eigenvalue weighted by Gasteiger charge is 1.99. The molecule has 0 radical (unpaired) electrons. The average Bonchev–Trinajstić information content (AvgIpc) is 2.50. The minimum atomic E-state index is -0.490. The second-order valence-corrected chi connectivity index (χ2v) is 4.21. The zero-order valence-electron chi connectivity index (χ0n) is 11.1. The quantitative estimate of drug-likeness (QED) is 0.597. The number of benzene rings is 2. The van der Waals surface area contributed by atoms with E-state index in [1.807, 2.05) is 46.9 Å². The highest BCUT2D eigenvalue weighted by atomic mass is 127. The van der Waals surface area contributed by atoms with E-state index in [2.05, 4.69) is 15.2 Å². The lowest BCUT2D eigenvalue weighted by Gasteiger charge is -2.03. The van der Waals surface area contributed by atoms with Crippen LogP contribution < -0.4 is 5.32 Å². The number of halogens is 1. The van der Waals surface area contributed by atoms with Gasteiger partial charge in [0, 0.05) is 28.3 Å². The van der Waals surface area contributed by atoms with Crippen LogP contribution in [-0.2, 0) is 4.74 Å². The first-order chi connectivity index (χ1) is 10.2. The van der Waals surface area contributed by atoms with Crippen molar-refractivity contribution in [3.63, 3.8) is 0 Å². The van der Waals surface area contributed by atoms with Crippen molar-refractivity contribution < 1.29 is 14.6 Å². The van der Waals surface area contributed by atoms with Crippen molar-refractivity contribution in [1.82, 2.24) is 0 Å². The number of hydrogen-bond acceptors (Lipinski definition) is 3. The molecule has 0 atom stereocenters. The highest BCUT2D eigenvalue weighted by Crippen LogP contribution is 2.05. The molecule has 0 aromatic heterocycles. The van der Waals surface area contributed by atoms with E-state index in [0.717, 1.165) is 0 Å². The summed E-state index contributed by atoms with van der Waals surface area (Å²) < 4.78 is 7.36. The van der Waals surface area contributed by atoms with Crippen molar-refractivity contribution in [2.75, 3.05) is 11.9 Å². The minimum absolute atomic E-state index is 0.113. The maximum Gasteiger partial charge on any atom is 0.412 e. The van der Waals surface area contributed by atoms with Gasteiger partial charge in [-0.1, -0.05) is 42.3 Å². The summed E-state index contributed by atoms with van der Waals surface area (Å²) in [6, 6.07) is 17.8. The first kappa shape index (κ1) is 16.9. The number of carbonyl (C=O) groups is 1. The van der Waals surface area contributed by atoms with Crippen LogP contribution in [0.2, 0.25) is 0 Å². The molecule has 2 aromatic carbocycles. The maximum absolute atomic E-state index is 11.1. The Labute approximate surface area is 137 Å². The summed E-state index contributed by atoms with van der Waals surface area (Å²) >= 11 is 1.89. The molecule has 0 aliphatic heterocycles. The van der Waals surface area contributed by atoms with Gasteiger partial charge in [0.25, 0.3) is 0 Å². The summed E-state index contributed by atoms with van der Waals surface area (Å²) in [5.41, 5.74) is 0.708. The number of phenolic OH excluding ortho intramolecular Hbond substituents is 1. The number of para-hydroxylation sites is 2. The number of phenols is 1. The molecule has 4 nitrogen and oxygen atoms in total. The molecule has 0 aliphatic carbocycles. The van der Waals surface area contributed by atoms with Gasteiger partial charge in [-0.15, -0.1) is 0 Å². The number of aromatic hydroxyl groups is 1. The number of anilines is 1. The SMILES string of the molecule is O=C(Nc1ccccc1)OCC#CI.Oc1ccccc1. The summed E-state index contributed by atoms with van der Waals surface area (Å²) in [7, 11) is 0. The normalized spacial score (nSPS) is 8.43. The predicted molar refractivity (Wildman–Crippen MR) is 91.3 cm³/mol. The number of nitrogens with one attached hydrogen (secondary N) is 1. The molecule has 0 fully saturated rings. The number of carbonyl (C=O) groups excluding carboxylic acids is 1. The Kier molecular flexibility index (Phi) is 8.48. The molecule has 0 aliphatic rings. The van der Waals surface area contributed by atoms with E-state index in [1.165, 1.54) is 0 Å². The van der Waals surface area contributed by atoms with Gasteiger partial charge < -0.3 is 9.84 Å². The van der Waals surface area contributed by atoms with Crippen LogP contribution in [0.4, 0.5) is 10.5 Å². The van der Waals surface area contributed by atoms with E-state index in [0.29, 0.717) is 11.4 Å². The molecule has 0 saturated heterocycles. The Balaban J connectivity index is 0.000000262. The molecule has 21 heavy (non-hydrogen) atoms. The predicted octanol–water partition coefficient (Wildman–Crippen LogP) is 4.02. The minimum Gasteiger partial charge on any atom is -0.508 e. The van der Waals surface area contributed by atoms with Gasteiger partial charge in [0.1, 0.15) is 5.75 Å². The molecule has 2 aromatic rings. The Morgan fingerprint density at radius 2 is 1.67 bits per heavy atom. The number of ether oxygens (including phenoxy) is 1. The second-order valence-electron chi connectivity index (χ2n) is 3.67. The molecule has 1 amide bonds. The van der Waals surface area contributed by atoms with E-state index < -0.39 is 6.09 Å². The van der Waals surface area contributed by atoms with E-state index in [9.17, 15) is 4.79 Å². The number of amides is 1. The van der Waals surface area contributed by atoms with E-state index >= 15 is 0 Å². The van der Waals surface area contributed by atoms with Gasteiger partial charge in [-0.2, -0.15) is 0 Å². The van der Waals surface area contributed by atoms with Crippen LogP contribution in [0.15, 0.2) is 60.7 Å². The third-order valence-electron chi connectivity index (χ3n) is 2.12. The van der Waals surface area contributed by atoms with Gasteiger partial charge in [0.2, 0.25) is 0 Å². The monoisotopic (exact) mass is 395 g/mol. The van der Waals surface area contributed by atoms with Crippen molar-refractivity contribution in [2.45, 2.75) is 0 Å². The zero-order valence-corrected chi connectivity index (χ0v) is 13.3. The first-order valence-corrected chi connectivity index (χ1v) is 7.11. The standard InChI is InChI=1S/C10H8INO2.C6H6O/c11-7-4-8-14-10(13)12-9-5-2-1-3-6-9;7-6-4-2-1-3-5-6/h1-3,5-6H,8H2,(H,12,13);1-5,7H. The van der Waals surface area contributed by atoms with Gasteiger partial charge in [-0.05, 0) is 28.2 Å². The van der Waals surface area contributed by atoms with Crippen molar-refractivity contribution >= 4 is 34.4 Å². The molecular weight excluding hydrogens is 381 g/mol. The van der Waals surface area contributed by atoms with Crippen LogP contribution in [-0.4, -0.2) is 17.8 Å². The van der Waals surface area contributed by atoms with E-state index in [1.54, 1.807) is 36.4 Å². The molecule has 0 spiro atoms. The Bertz CT molecular complexity index is 591. The van der Waals surface area contributed by atoms with Crippen LogP contribution in [0.3, 0.4) is 0 Å². The molecule has 0 bridgehead atoms. The van der Waals surface area contributed by atoms with Crippen LogP contribution in [0, 0.1) is 9.85 Å². The fraction of sp³-hybridized carbons (Fsp3) is 0.0625. The zero-order chi connectivity index (χ0) is 15.3. The highest BCUT2D eigenvalue weighted by molar-refractivity contribution is 14.1. The fourth-order valence-electron chi connectivity index (χ4n) is 1.23. The molecule has 108 valence electrons.